The lowest BCUT2D eigenvalue weighted by molar-refractivity contribution is 0.240. The molecule has 0 spiro atoms. The number of hydrogen-bond donors (Lipinski definition) is 2. The first-order valence-corrected chi connectivity index (χ1v) is 9.33. The van der Waals surface area contributed by atoms with E-state index in [2.05, 4.69) is 77.0 Å². The van der Waals surface area contributed by atoms with Crippen molar-refractivity contribution in [2.24, 2.45) is 10.7 Å². The Balaban J connectivity index is 0.00000312. The van der Waals surface area contributed by atoms with Gasteiger partial charge in [-0.2, -0.15) is 0 Å². The maximum absolute atomic E-state index is 5.93. The summed E-state index contributed by atoms with van der Waals surface area (Å²) < 4.78 is 0. The highest BCUT2D eigenvalue weighted by atomic mass is 127. The van der Waals surface area contributed by atoms with Crippen LogP contribution in [0.1, 0.15) is 23.8 Å². The van der Waals surface area contributed by atoms with Crippen molar-refractivity contribution in [2.45, 2.75) is 32.4 Å². The van der Waals surface area contributed by atoms with E-state index in [1.165, 1.54) is 10.4 Å². The lowest BCUT2D eigenvalue weighted by Gasteiger charge is -2.24. The number of nitrogens with zero attached hydrogens (tertiary/aromatic N) is 2. The zero-order chi connectivity index (χ0) is 17.2. The molecule has 2 aromatic rings. The molecule has 4 nitrogen and oxygen atoms in total. The third-order valence-electron chi connectivity index (χ3n) is 4.11. The Labute approximate surface area is 172 Å². The molecule has 1 atom stereocenters. The van der Waals surface area contributed by atoms with E-state index in [0.717, 1.165) is 32.5 Å². The Morgan fingerprint density at radius 2 is 2.00 bits per heavy atom. The monoisotopic (exact) mass is 472 g/mol. The van der Waals surface area contributed by atoms with E-state index in [9.17, 15) is 0 Å². The van der Waals surface area contributed by atoms with E-state index in [-0.39, 0.29) is 24.0 Å². The van der Waals surface area contributed by atoms with Crippen LogP contribution in [-0.4, -0.2) is 37.0 Å². The van der Waals surface area contributed by atoms with Crippen molar-refractivity contribution in [1.82, 2.24) is 10.2 Å². The predicted octanol–water partition coefficient (Wildman–Crippen LogP) is 3.72. The molecule has 0 aliphatic heterocycles. The molecule has 0 fully saturated rings. The maximum atomic E-state index is 5.93. The molecular formula is C19H29IN4S. The minimum atomic E-state index is 0. The van der Waals surface area contributed by atoms with Gasteiger partial charge in [-0.05, 0) is 43.8 Å². The second kappa shape index (κ2) is 12.3. The average molecular weight is 472 g/mol. The largest absolute Gasteiger partial charge is 0.370 e. The second-order valence-electron chi connectivity index (χ2n) is 6.06. The van der Waals surface area contributed by atoms with Crippen LogP contribution in [0.15, 0.2) is 52.8 Å². The van der Waals surface area contributed by atoms with Gasteiger partial charge in [-0.15, -0.1) is 35.3 Å². The van der Waals surface area contributed by atoms with Crippen LogP contribution in [0.3, 0.4) is 0 Å². The summed E-state index contributed by atoms with van der Waals surface area (Å²) in [6, 6.07) is 15.2. The fourth-order valence-electron chi connectivity index (χ4n) is 2.44. The molecule has 1 aromatic heterocycles. The average Bonchev–Trinajstić information content (AvgIpc) is 3.09. The summed E-state index contributed by atoms with van der Waals surface area (Å²) in [6.45, 7) is 4.77. The normalized spacial score (nSPS) is 12.7. The third-order valence-corrected chi connectivity index (χ3v) is 5.05. The molecule has 25 heavy (non-hydrogen) atoms. The minimum Gasteiger partial charge on any atom is -0.370 e. The molecule has 0 aliphatic carbocycles. The van der Waals surface area contributed by atoms with Crippen LogP contribution in [0.25, 0.3) is 0 Å². The number of nitrogens with two attached hydrogens (primary N) is 1. The number of nitrogens with one attached hydrogen (secondary N) is 1. The summed E-state index contributed by atoms with van der Waals surface area (Å²) in [5.74, 6) is 0.546. The zero-order valence-electron chi connectivity index (χ0n) is 15.0. The van der Waals surface area contributed by atoms with Crippen molar-refractivity contribution in [1.29, 1.82) is 0 Å². The molecule has 138 valence electrons. The number of aliphatic imine (C=N–C) groups is 1. The standard InChI is InChI=1S/C19H28N4S.HI/c1-16(23(2)15-17-7-4-3-5-8-17)10-12-21-19(20)22-13-11-18-9-6-14-24-18;/h3-9,14,16H,10-13,15H2,1-2H3,(H3,20,21,22);1H. The molecule has 0 aliphatic rings. The molecule has 1 heterocycles. The molecule has 0 radical (unpaired) electrons. The molecular weight excluding hydrogens is 443 g/mol. The van der Waals surface area contributed by atoms with Crippen molar-refractivity contribution < 1.29 is 0 Å². The first-order chi connectivity index (χ1) is 11.6. The van der Waals surface area contributed by atoms with E-state index in [0.29, 0.717) is 12.0 Å². The topological polar surface area (TPSA) is 53.6 Å². The molecule has 3 N–H and O–H groups in total. The highest BCUT2D eigenvalue weighted by Crippen LogP contribution is 2.09. The van der Waals surface area contributed by atoms with Gasteiger partial charge in [0, 0.05) is 30.6 Å². The Morgan fingerprint density at radius 1 is 1.24 bits per heavy atom. The molecule has 1 aromatic carbocycles. The smallest absolute Gasteiger partial charge is 0.188 e. The molecule has 0 bridgehead atoms. The molecule has 0 saturated heterocycles. The zero-order valence-corrected chi connectivity index (χ0v) is 18.2. The number of benzene rings is 1. The van der Waals surface area contributed by atoms with Crippen LogP contribution in [0, 0.1) is 0 Å². The summed E-state index contributed by atoms with van der Waals surface area (Å²) in [6.07, 6.45) is 1.99. The quantitative estimate of drug-likeness (QED) is 0.332. The summed E-state index contributed by atoms with van der Waals surface area (Å²) in [5.41, 5.74) is 7.27. The van der Waals surface area contributed by atoms with Crippen LogP contribution in [-0.2, 0) is 13.0 Å². The van der Waals surface area contributed by atoms with E-state index in [4.69, 9.17) is 5.73 Å². The summed E-state index contributed by atoms with van der Waals surface area (Å²) in [4.78, 5) is 8.15. The van der Waals surface area contributed by atoms with Crippen LogP contribution >= 0.6 is 35.3 Å². The van der Waals surface area contributed by atoms with Gasteiger partial charge in [-0.1, -0.05) is 36.4 Å². The van der Waals surface area contributed by atoms with Gasteiger partial charge in [-0.25, -0.2) is 0 Å². The van der Waals surface area contributed by atoms with Crippen LogP contribution in [0.4, 0.5) is 0 Å². The van der Waals surface area contributed by atoms with Crippen molar-refractivity contribution in [3.05, 3.63) is 58.3 Å². The molecule has 2 rings (SSSR count). The Kier molecular flexibility index (Phi) is 10.8. The van der Waals surface area contributed by atoms with Crippen molar-refractivity contribution in [3.8, 4) is 0 Å². The predicted molar refractivity (Wildman–Crippen MR) is 120 cm³/mol. The third kappa shape index (κ3) is 8.69. The molecule has 1 unspecified atom stereocenters. The fourth-order valence-corrected chi connectivity index (χ4v) is 3.15. The Morgan fingerprint density at radius 3 is 2.68 bits per heavy atom. The summed E-state index contributed by atoms with van der Waals surface area (Å²) in [5, 5.41) is 5.28. The van der Waals surface area contributed by atoms with E-state index in [1.54, 1.807) is 11.3 Å². The van der Waals surface area contributed by atoms with Crippen molar-refractivity contribution in [3.63, 3.8) is 0 Å². The van der Waals surface area contributed by atoms with Gasteiger partial charge in [0.1, 0.15) is 0 Å². The lowest BCUT2D eigenvalue weighted by atomic mass is 10.1. The van der Waals surface area contributed by atoms with Gasteiger partial charge in [0.25, 0.3) is 0 Å². The highest BCUT2D eigenvalue weighted by Gasteiger charge is 2.09. The first-order valence-electron chi connectivity index (χ1n) is 8.45. The first kappa shape index (κ1) is 21.9. The van der Waals surface area contributed by atoms with Crippen LogP contribution in [0.5, 0.6) is 0 Å². The van der Waals surface area contributed by atoms with Gasteiger partial charge >= 0.3 is 0 Å². The number of thiophene rings is 1. The Hall–Kier alpha value is -1.12. The van der Waals surface area contributed by atoms with Gasteiger partial charge in [0.2, 0.25) is 0 Å². The second-order valence-corrected chi connectivity index (χ2v) is 7.09. The number of hydrogen-bond acceptors (Lipinski definition) is 3. The summed E-state index contributed by atoms with van der Waals surface area (Å²) in [7, 11) is 2.16. The number of rotatable bonds is 9. The number of halogens is 1. The fraction of sp³-hybridized carbons (Fsp3) is 0.421. The molecule has 0 saturated carbocycles. The van der Waals surface area contributed by atoms with Crippen molar-refractivity contribution >= 4 is 41.3 Å². The van der Waals surface area contributed by atoms with Gasteiger partial charge < -0.3 is 11.1 Å². The lowest BCUT2D eigenvalue weighted by Crippen LogP contribution is -2.34. The van der Waals surface area contributed by atoms with Crippen molar-refractivity contribution in [2.75, 3.05) is 20.1 Å². The molecule has 0 amide bonds. The van der Waals surface area contributed by atoms with Gasteiger partial charge in [-0.3, -0.25) is 9.89 Å². The maximum Gasteiger partial charge on any atom is 0.188 e. The highest BCUT2D eigenvalue weighted by molar-refractivity contribution is 14.0. The Bertz CT molecular complexity index is 601. The number of guanidine groups is 1. The molecule has 6 heteroatoms. The van der Waals surface area contributed by atoms with Gasteiger partial charge in [0.15, 0.2) is 5.96 Å². The van der Waals surface area contributed by atoms with Gasteiger partial charge in [0.05, 0.1) is 0 Å². The SMILES string of the molecule is CC(CCN=C(N)NCCc1cccs1)N(C)Cc1ccccc1.I. The van der Waals surface area contributed by atoms with E-state index in [1.807, 2.05) is 0 Å². The van der Waals surface area contributed by atoms with E-state index < -0.39 is 0 Å². The summed E-state index contributed by atoms with van der Waals surface area (Å²) >= 11 is 1.77. The van der Waals surface area contributed by atoms with Crippen LogP contribution < -0.4 is 11.1 Å². The van der Waals surface area contributed by atoms with E-state index >= 15 is 0 Å². The van der Waals surface area contributed by atoms with Crippen LogP contribution in [0.2, 0.25) is 0 Å². The minimum absolute atomic E-state index is 0.